The highest BCUT2D eigenvalue weighted by Gasteiger charge is 2.27. The molecule has 4 nitrogen and oxygen atoms in total. The van der Waals surface area contributed by atoms with Gasteiger partial charge in [-0.3, -0.25) is 0 Å². The Morgan fingerprint density at radius 3 is 3.00 bits per heavy atom. The zero-order valence-electron chi connectivity index (χ0n) is 12.2. The number of hydrogen-bond acceptors (Lipinski definition) is 3. The van der Waals surface area contributed by atoms with Crippen LogP contribution in [-0.2, 0) is 11.3 Å². The molecule has 1 aliphatic rings. The van der Waals surface area contributed by atoms with E-state index in [9.17, 15) is 0 Å². The molecule has 1 aliphatic heterocycles. The van der Waals surface area contributed by atoms with Gasteiger partial charge in [-0.15, -0.1) is 11.6 Å². The normalized spacial score (nSPS) is 23.3. The van der Waals surface area contributed by atoms with Crippen molar-refractivity contribution in [2.45, 2.75) is 38.3 Å². The molecule has 3 unspecified atom stereocenters. The van der Waals surface area contributed by atoms with Crippen LogP contribution in [0.5, 0.6) is 0 Å². The van der Waals surface area contributed by atoms with Crippen LogP contribution in [0.1, 0.15) is 37.0 Å². The van der Waals surface area contributed by atoms with Crippen LogP contribution in [0.15, 0.2) is 18.2 Å². The van der Waals surface area contributed by atoms with Gasteiger partial charge in [-0.25, -0.2) is 4.98 Å². The lowest BCUT2D eigenvalue weighted by Gasteiger charge is -2.18. The monoisotopic (exact) mass is 303 g/mol. The molecule has 0 bridgehead atoms. The fourth-order valence-electron chi connectivity index (χ4n) is 2.96. The predicted octanol–water partition coefficient (Wildman–Crippen LogP) is 3.63. The van der Waals surface area contributed by atoms with E-state index in [2.05, 4.69) is 22.5 Å². The summed E-state index contributed by atoms with van der Waals surface area (Å²) in [6, 6.07) is 7.77. The lowest BCUT2D eigenvalue weighted by molar-refractivity contribution is 0.102. The smallest absolute Gasteiger partial charge is 0.127 e. The van der Waals surface area contributed by atoms with E-state index in [0.717, 1.165) is 36.4 Å². The molecule has 0 saturated carbocycles. The molecule has 1 aromatic heterocycles. The molecular weight excluding hydrogens is 286 g/mol. The first kappa shape index (κ1) is 14.4. The van der Waals surface area contributed by atoms with Gasteiger partial charge < -0.3 is 9.30 Å². The minimum absolute atomic E-state index is 0.166. The first-order chi connectivity index (χ1) is 10.1. The third-order valence-corrected chi connectivity index (χ3v) is 4.41. The van der Waals surface area contributed by atoms with E-state index in [1.165, 1.54) is 0 Å². The third kappa shape index (κ3) is 2.64. The van der Waals surface area contributed by atoms with Gasteiger partial charge in [-0.2, -0.15) is 5.26 Å². The van der Waals surface area contributed by atoms with Crippen LogP contribution in [0, 0.1) is 17.2 Å². The van der Waals surface area contributed by atoms with Crippen LogP contribution < -0.4 is 0 Å². The van der Waals surface area contributed by atoms with Gasteiger partial charge in [0.1, 0.15) is 5.82 Å². The first-order valence-electron chi connectivity index (χ1n) is 7.26. The van der Waals surface area contributed by atoms with Gasteiger partial charge in [0.15, 0.2) is 0 Å². The summed E-state index contributed by atoms with van der Waals surface area (Å²) in [5.41, 5.74) is 2.52. The molecule has 1 fully saturated rings. The molecule has 5 heteroatoms. The fraction of sp³-hybridized carbons (Fsp3) is 0.500. The minimum Gasteiger partial charge on any atom is -0.378 e. The number of fused-ring (bicyclic) bond motifs is 1. The minimum atomic E-state index is -0.166. The van der Waals surface area contributed by atoms with Crippen molar-refractivity contribution in [3.05, 3.63) is 29.6 Å². The quantitative estimate of drug-likeness (QED) is 0.814. The fourth-order valence-corrected chi connectivity index (χ4v) is 3.12. The number of aromatic nitrogens is 2. The van der Waals surface area contributed by atoms with Gasteiger partial charge >= 0.3 is 0 Å². The van der Waals surface area contributed by atoms with Crippen molar-refractivity contribution in [1.82, 2.24) is 9.55 Å². The molecule has 2 aromatic rings. The lowest BCUT2D eigenvalue weighted by Crippen LogP contribution is -2.19. The largest absolute Gasteiger partial charge is 0.378 e. The number of imidazole rings is 1. The highest BCUT2D eigenvalue weighted by Crippen LogP contribution is 2.29. The van der Waals surface area contributed by atoms with Crippen molar-refractivity contribution >= 4 is 22.6 Å². The Morgan fingerprint density at radius 1 is 1.57 bits per heavy atom. The van der Waals surface area contributed by atoms with E-state index in [1.54, 1.807) is 6.07 Å². The molecule has 2 heterocycles. The highest BCUT2D eigenvalue weighted by molar-refractivity contribution is 6.20. The maximum atomic E-state index is 9.10. The van der Waals surface area contributed by atoms with E-state index in [0.29, 0.717) is 11.5 Å². The Morgan fingerprint density at radius 2 is 2.38 bits per heavy atom. The van der Waals surface area contributed by atoms with Crippen LogP contribution >= 0.6 is 11.6 Å². The Hall–Kier alpha value is -1.57. The van der Waals surface area contributed by atoms with Crippen molar-refractivity contribution in [2.75, 3.05) is 6.61 Å². The van der Waals surface area contributed by atoms with Crippen LogP contribution in [0.2, 0.25) is 0 Å². The van der Waals surface area contributed by atoms with E-state index in [1.807, 2.05) is 19.1 Å². The molecule has 21 heavy (non-hydrogen) atoms. The van der Waals surface area contributed by atoms with Crippen molar-refractivity contribution in [1.29, 1.82) is 5.26 Å². The second-order valence-electron chi connectivity index (χ2n) is 5.64. The number of alkyl halides is 1. The lowest BCUT2D eigenvalue weighted by atomic mass is 10.0. The molecule has 1 aromatic carbocycles. The average molecular weight is 304 g/mol. The number of ether oxygens (including phenoxy) is 1. The molecule has 3 atom stereocenters. The van der Waals surface area contributed by atoms with Crippen molar-refractivity contribution in [2.24, 2.45) is 5.92 Å². The third-order valence-electron chi connectivity index (χ3n) is 4.21. The van der Waals surface area contributed by atoms with Crippen LogP contribution in [0.3, 0.4) is 0 Å². The zero-order valence-corrected chi connectivity index (χ0v) is 13.0. The molecule has 110 valence electrons. The van der Waals surface area contributed by atoms with Gasteiger partial charge in [0.2, 0.25) is 0 Å². The standard InChI is InChI=1S/C16H18ClN3O/c1-10(17)16-19-14-4-3-12(8-18)7-15(14)20(16)9-13-5-6-21-11(13)2/h3-4,7,10-11,13H,5-6,9H2,1-2H3. The van der Waals surface area contributed by atoms with Gasteiger partial charge in [0, 0.05) is 19.1 Å². The number of benzene rings is 1. The maximum absolute atomic E-state index is 9.10. The summed E-state index contributed by atoms with van der Waals surface area (Å²) in [4.78, 5) is 4.64. The second kappa shape index (κ2) is 5.67. The number of nitrogens with zero attached hydrogens (tertiary/aromatic N) is 3. The summed E-state index contributed by atoms with van der Waals surface area (Å²) >= 11 is 6.30. The van der Waals surface area contributed by atoms with Crippen LogP contribution in [0.25, 0.3) is 11.0 Å². The zero-order chi connectivity index (χ0) is 15.0. The van der Waals surface area contributed by atoms with Crippen LogP contribution in [-0.4, -0.2) is 22.3 Å². The second-order valence-corrected chi connectivity index (χ2v) is 6.29. The summed E-state index contributed by atoms with van der Waals surface area (Å²) in [5.74, 6) is 1.32. The van der Waals surface area contributed by atoms with E-state index < -0.39 is 0 Å². The SMILES string of the molecule is CC(Cl)c1nc2ccc(C#N)cc2n1CC1CCOC1C. The molecule has 1 saturated heterocycles. The molecule has 0 spiro atoms. The van der Waals surface area contributed by atoms with Crippen molar-refractivity contribution < 1.29 is 4.74 Å². The predicted molar refractivity (Wildman–Crippen MR) is 82.2 cm³/mol. The number of nitriles is 1. The van der Waals surface area contributed by atoms with Crippen LogP contribution in [0.4, 0.5) is 0 Å². The Balaban J connectivity index is 2.08. The molecule has 0 amide bonds. The van der Waals surface area contributed by atoms with Gasteiger partial charge in [0.25, 0.3) is 0 Å². The van der Waals surface area contributed by atoms with E-state index in [-0.39, 0.29) is 11.5 Å². The highest BCUT2D eigenvalue weighted by atomic mass is 35.5. The van der Waals surface area contributed by atoms with Gasteiger partial charge in [0.05, 0.1) is 34.1 Å². The Kier molecular flexibility index (Phi) is 3.88. The molecule has 0 radical (unpaired) electrons. The van der Waals surface area contributed by atoms with Crippen molar-refractivity contribution in [3.63, 3.8) is 0 Å². The van der Waals surface area contributed by atoms with Gasteiger partial charge in [-0.05, 0) is 38.5 Å². The Bertz CT molecular complexity index is 701. The maximum Gasteiger partial charge on any atom is 0.127 e. The summed E-state index contributed by atoms with van der Waals surface area (Å²) in [5, 5.41) is 8.94. The van der Waals surface area contributed by atoms with E-state index >= 15 is 0 Å². The summed E-state index contributed by atoms with van der Waals surface area (Å²) in [6.07, 6.45) is 1.30. The number of halogens is 1. The molecule has 0 N–H and O–H groups in total. The number of rotatable bonds is 3. The summed E-state index contributed by atoms with van der Waals surface area (Å²) in [6.45, 7) is 5.69. The summed E-state index contributed by atoms with van der Waals surface area (Å²) in [7, 11) is 0. The van der Waals surface area contributed by atoms with Crippen molar-refractivity contribution in [3.8, 4) is 6.07 Å². The topological polar surface area (TPSA) is 50.8 Å². The Labute approximate surface area is 129 Å². The first-order valence-corrected chi connectivity index (χ1v) is 7.69. The molecular formula is C16H18ClN3O. The van der Waals surface area contributed by atoms with Gasteiger partial charge in [-0.1, -0.05) is 0 Å². The average Bonchev–Trinajstić information content (AvgIpc) is 3.03. The molecule has 0 aliphatic carbocycles. The van der Waals surface area contributed by atoms with E-state index in [4.69, 9.17) is 21.6 Å². The summed E-state index contributed by atoms with van der Waals surface area (Å²) < 4.78 is 7.81. The molecule has 3 rings (SSSR count). The number of hydrogen-bond donors (Lipinski definition) is 0.